The molecule has 0 unspecified atom stereocenters. The summed E-state index contributed by atoms with van der Waals surface area (Å²) in [6.45, 7) is 1.65. The van der Waals surface area contributed by atoms with E-state index in [2.05, 4.69) is 26.2 Å². The molecule has 0 aliphatic carbocycles. The van der Waals surface area contributed by atoms with E-state index >= 15 is 0 Å². The molecule has 2 rings (SSSR count). The van der Waals surface area contributed by atoms with Gasteiger partial charge in [0.1, 0.15) is 11.5 Å². The highest BCUT2D eigenvalue weighted by atomic mass is 79.9. The number of para-hydroxylation sites is 1. The van der Waals surface area contributed by atoms with E-state index in [0.717, 1.165) is 0 Å². The predicted octanol–water partition coefficient (Wildman–Crippen LogP) is 2.10. The number of rotatable bonds is 3. The van der Waals surface area contributed by atoms with Crippen molar-refractivity contribution in [1.29, 1.82) is 0 Å². The van der Waals surface area contributed by atoms with Crippen LogP contribution in [0.1, 0.15) is 11.4 Å². The minimum Gasteiger partial charge on any atom is -0.481 e. The summed E-state index contributed by atoms with van der Waals surface area (Å²) in [4.78, 5) is 10.6. The highest BCUT2D eigenvalue weighted by molar-refractivity contribution is 9.10. The van der Waals surface area contributed by atoms with E-state index in [1.165, 1.54) is 10.7 Å². The van der Waals surface area contributed by atoms with Gasteiger partial charge in [-0.15, -0.1) is 5.10 Å². The number of halogens is 2. The molecule has 7 heteroatoms. The average molecular weight is 314 g/mol. The summed E-state index contributed by atoms with van der Waals surface area (Å²) >= 11 is 3.23. The maximum absolute atomic E-state index is 13.8. The number of carboxylic acid groups (broad SMARTS) is 1. The van der Waals surface area contributed by atoms with Crippen LogP contribution >= 0.6 is 15.9 Å². The summed E-state index contributed by atoms with van der Waals surface area (Å²) in [5, 5.41) is 16.3. The quantitative estimate of drug-likeness (QED) is 0.942. The monoisotopic (exact) mass is 313 g/mol. The first-order valence-electron chi connectivity index (χ1n) is 5.08. The third kappa shape index (κ3) is 2.26. The van der Waals surface area contributed by atoms with Crippen LogP contribution in [0.2, 0.25) is 0 Å². The Balaban J connectivity index is 2.52. The number of carboxylic acids is 1. The zero-order valence-electron chi connectivity index (χ0n) is 9.39. The number of hydrogen-bond donors (Lipinski definition) is 1. The largest absolute Gasteiger partial charge is 0.481 e. The lowest BCUT2D eigenvalue weighted by Gasteiger charge is -2.07. The second kappa shape index (κ2) is 4.85. The van der Waals surface area contributed by atoms with Gasteiger partial charge in [-0.05, 0) is 35.0 Å². The van der Waals surface area contributed by atoms with Crippen LogP contribution in [0.5, 0.6) is 0 Å². The number of carbonyl (C=O) groups is 1. The molecule has 0 aliphatic rings. The van der Waals surface area contributed by atoms with E-state index in [0.29, 0.717) is 15.9 Å². The molecule has 18 heavy (non-hydrogen) atoms. The van der Waals surface area contributed by atoms with Crippen molar-refractivity contribution in [2.24, 2.45) is 0 Å². The summed E-state index contributed by atoms with van der Waals surface area (Å²) in [6, 6.07) is 4.54. The van der Waals surface area contributed by atoms with Gasteiger partial charge in [-0.1, -0.05) is 11.3 Å². The van der Waals surface area contributed by atoms with Gasteiger partial charge in [0.25, 0.3) is 0 Å². The maximum atomic E-state index is 13.8. The van der Waals surface area contributed by atoms with Crippen LogP contribution in [0.3, 0.4) is 0 Å². The number of aliphatic carboxylic acids is 1. The van der Waals surface area contributed by atoms with Gasteiger partial charge in [0.15, 0.2) is 0 Å². The number of nitrogens with zero attached hydrogens (tertiary/aromatic N) is 3. The first kappa shape index (κ1) is 12.7. The van der Waals surface area contributed by atoms with Gasteiger partial charge in [-0.3, -0.25) is 4.79 Å². The summed E-state index contributed by atoms with van der Waals surface area (Å²) in [5.74, 6) is -1.46. The zero-order valence-corrected chi connectivity index (χ0v) is 11.0. The van der Waals surface area contributed by atoms with Gasteiger partial charge in [-0.2, -0.15) is 0 Å². The lowest BCUT2D eigenvalue weighted by molar-refractivity contribution is -0.136. The van der Waals surface area contributed by atoms with Crippen LogP contribution in [0.25, 0.3) is 5.69 Å². The molecule has 94 valence electrons. The molecule has 0 amide bonds. The van der Waals surface area contributed by atoms with E-state index < -0.39 is 11.8 Å². The van der Waals surface area contributed by atoms with Crippen LogP contribution in [-0.2, 0) is 11.2 Å². The van der Waals surface area contributed by atoms with E-state index in [9.17, 15) is 9.18 Å². The van der Waals surface area contributed by atoms with Crippen molar-refractivity contribution in [3.63, 3.8) is 0 Å². The Morgan fingerprint density at radius 3 is 2.89 bits per heavy atom. The summed E-state index contributed by atoms with van der Waals surface area (Å²) in [6.07, 6.45) is -0.238. The van der Waals surface area contributed by atoms with Gasteiger partial charge in [0.2, 0.25) is 0 Å². The molecule has 0 aliphatic heterocycles. The molecule has 1 heterocycles. The van der Waals surface area contributed by atoms with Gasteiger partial charge >= 0.3 is 5.97 Å². The van der Waals surface area contributed by atoms with Crippen LogP contribution < -0.4 is 0 Å². The molecule has 1 aromatic carbocycles. The zero-order chi connectivity index (χ0) is 13.3. The van der Waals surface area contributed by atoms with Gasteiger partial charge in [0.05, 0.1) is 17.8 Å². The molecule has 0 saturated heterocycles. The third-order valence-electron chi connectivity index (χ3n) is 2.46. The minimum atomic E-state index is -1.00. The maximum Gasteiger partial charge on any atom is 0.309 e. The normalized spacial score (nSPS) is 10.6. The van der Waals surface area contributed by atoms with Crippen molar-refractivity contribution in [3.05, 3.63) is 39.9 Å². The molecule has 0 radical (unpaired) electrons. The lowest BCUT2D eigenvalue weighted by atomic mass is 10.2. The van der Waals surface area contributed by atoms with Crippen molar-refractivity contribution >= 4 is 21.9 Å². The first-order chi connectivity index (χ1) is 8.50. The van der Waals surface area contributed by atoms with Crippen LogP contribution in [0.4, 0.5) is 4.39 Å². The Morgan fingerprint density at radius 2 is 2.28 bits per heavy atom. The fourth-order valence-corrected chi connectivity index (χ4v) is 2.08. The summed E-state index contributed by atoms with van der Waals surface area (Å²) < 4.78 is 15.6. The van der Waals surface area contributed by atoms with E-state index in [-0.39, 0.29) is 12.1 Å². The second-order valence-corrected chi connectivity index (χ2v) is 4.53. The van der Waals surface area contributed by atoms with Gasteiger partial charge in [0, 0.05) is 4.47 Å². The minimum absolute atomic E-state index is 0.221. The van der Waals surface area contributed by atoms with Crippen molar-refractivity contribution in [2.75, 3.05) is 0 Å². The summed E-state index contributed by atoms with van der Waals surface area (Å²) in [7, 11) is 0. The van der Waals surface area contributed by atoms with Gasteiger partial charge < -0.3 is 5.11 Å². The molecular weight excluding hydrogens is 305 g/mol. The first-order valence-corrected chi connectivity index (χ1v) is 5.87. The molecule has 5 nitrogen and oxygen atoms in total. The van der Waals surface area contributed by atoms with Crippen LogP contribution in [-0.4, -0.2) is 26.1 Å². The third-order valence-corrected chi connectivity index (χ3v) is 3.10. The van der Waals surface area contributed by atoms with Crippen molar-refractivity contribution in [2.45, 2.75) is 13.3 Å². The Bertz CT molecular complexity index is 592. The van der Waals surface area contributed by atoms with Crippen molar-refractivity contribution in [1.82, 2.24) is 15.0 Å². The molecule has 1 N–H and O–H groups in total. The summed E-state index contributed by atoms with van der Waals surface area (Å²) in [5.41, 5.74) is 1.04. The lowest BCUT2D eigenvalue weighted by Crippen LogP contribution is -2.05. The predicted molar refractivity (Wildman–Crippen MR) is 65.1 cm³/mol. The average Bonchev–Trinajstić information content (AvgIpc) is 2.61. The van der Waals surface area contributed by atoms with E-state index in [4.69, 9.17) is 5.11 Å². The molecule has 1 aromatic heterocycles. The van der Waals surface area contributed by atoms with Gasteiger partial charge in [-0.25, -0.2) is 9.07 Å². The van der Waals surface area contributed by atoms with Crippen molar-refractivity contribution in [3.8, 4) is 5.69 Å². The molecule has 0 bridgehead atoms. The molecular formula is C11H9BrFN3O2. The van der Waals surface area contributed by atoms with E-state index in [1.54, 1.807) is 19.1 Å². The molecule has 0 saturated carbocycles. The fraction of sp³-hybridized carbons (Fsp3) is 0.182. The standard InChI is InChI=1S/C11H9BrFN3O2/c1-6-9(5-10(17)18)14-15-16(6)11-7(12)3-2-4-8(11)13/h2-4H,5H2,1H3,(H,17,18). The number of benzene rings is 1. The topological polar surface area (TPSA) is 68.0 Å². The Morgan fingerprint density at radius 1 is 1.56 bits per heavy atom. The molecule has 0 spiro atoms. The number of aromatic nitrogens is 3. The van der Waals surface area contributed by atoms with E-state index in [1.807, 2.05) is 0 Å². The van der Waals surface area contributed by atoms with Crippen LogP contribution in [0, 0.1) is 12.7 Å². The fourth-order valence-electron chi connectivity index (χ4n) is 1.57. The second-order valence-electron chi connectivity index (χ2n) is 3.67. The van der Waals surface area contributed by atoms with Crippen LogP contribution in [0.15, 0.2) is 22.7 Å². The molecule has 0 fully saturated rings. The molecule has 2 aromatic rings. The highest BCUT2D eigenvalue weighted by Crippen LogP contribution is 2.24. The Labute approximate surface area is 110 Å². The highest BCUT2D eigenvalue weighted by Gasteiger charge is 2.17. The smallest absolute Gasteiger partial charge is 0.309 e. The Hall–Kier alpha value is -1.76. The van der Waals surface area contributed by atoms with Crippen molar-refractivity contribution < 1.29 is 14.3 Å². The molecule has 0 atom stereocenters. The SMILES string of the molecule is Cc1c(CC(=O)O)nnn1-c1c(F)cccc1Br. The number of hydrogen-bond acceptors (Lipinski definition) is 3. The Kier molecular flexibility index (Phi) is 3.42.